The quantitative estimate of drug-likeness (QED) is 0.523. The summed E-state index contributed by atoms with van der Waals surface area (Å²) in [6.07, 6.45) is -0.270. The Bertz CT molecular complexity index is 433. The Balaban J connectivity index is 4.11. The first-order valence-electron chi connectivity index (χ1n) is 3.91. The van der Waals surface area contributed by atoms with Crippen LogP contribution >= 0.6 is 0 Å². The van der Waals surface area contributed by atoms with Crippen molar-refractivity contribution >= 4 is 26.0 Å². The molecular formula is C6H12O8S2. The van der Waals surface area contributed by atoms with Crippen molar-refractivity contribution in [2.45, 2.75) is 6.10 Å². The van der Waals surface area contributed by atoms with Crippen LogP contribution in [-0.4, -0.2) is 59.6 Å². The van der Waals surface area contributed by atoms with Crippen molar-refractivity contribution in [1.29, 1.82) is 0 Å². The van der Waals surface area contributed by atoms with E-state index in [0.717, 1.165) is 12.5 Å². The molecule has 0 saturated heterocycles. The molecule has 0 saturated carbocycles. The molecule has 0 aliphatic carbocycles. The van der Waals surface area contributed by atoms with E-state index in [1.165, 1.54) is 0 Å². The van der Waals surface area contributed by atoms with E-state index in [2.05, 4.69) is 8.37 Å². The molecule has 0 aliphatic rings. The fourth-order valence-corrected chi connectivity index (χ4v) is 1.25. The van der Waals surface area contributed by atoms with E-state index in [9.17, 15) is 21.6 Å². The Morgan fingerprint density at radius 1 is 1.12 bits per heavy atom. The number of aliphatic hydroxyl groups excluding tert-OH is 1. The first-order valence-corrected chi connectivity index (χ1v) is 7.54. The highest BCUT2D eigenvalue weighted by molar-refractivity contribution is 7.86. The molecule has 96 valence electrons. The maximum Gasteiger partial charge on any atom is 0.264 e. The maximum absolute atomic E-state index is 11.0. The molecule has 1 N–H and O–H groups in total. The van der Waals surface area contributed by atoms with Gasteiger partial charge in [0.15, 0.2) is 5.78 Å². The zero-order chi connectivity index (χ0) is 13.0. The summed E-state index contributed by atoms with van der Waals surface area (Å²) in [5.74, 6) is -0.992. The molecule has 1 atom stereocenters. The van der Waals surface area contributed by atoms with Gasteiger partial charge in [-0.1, -0.05) is 0 Å². The van der Waals surface area contributed by atoms with Crippen molar-refractivity contribution < 1.29 is 35.1 Å². The van der Waals surface area contributed by atoms with Crippen LogP contribution in [0.5, 0.6) is 0 Å². The molecule has 0 aromatic carbocycles. The fraction of sp³-hybridized carbons (Fsp3) is 0.833. The van der Waals surface area contributed by atoms with Crippen LogP contribution in [0.15, 0.2) is 0 Å². The topological polar surface area (TPSA) is 124 Å². The average molecular weight is 276 g/mol. The van der Waals surface area contributed by atoms with Gasteiger partial charge in [-0.2, -0.15) is 16.8 Å². The molecular weight excluding hydrogens is 264 g/mol. The number of hydrogen-bond donors (Lipinski definition) is 1. The molecule has 0 aliphatic heterocycles. The standard InChI is InChI=1S/C6H12O8S2/c1-15(9,10)13-3-5(7)6(8)4-14-16(2,11)12/h5,7H,3-4H2,1-2H3. The number of carbonyl (C=O) groups is 1. The molecule has 10 heteroatoms. The third-order valence-corrected chi connectivity index (χ3v) is 2.34. The molecule has 0 spiro atoms. The Labute approximate surface area is 93.4 Å². The summed E-state index contributed by atoms with van der Waals surface area (Å²) in [7, 11) is -7.55. The Kier molecular flexibility index (Phi) is 5.49. The third-order valence-electron chi connectivity index (χ3n) is 1.23. The van der Waals surface area contributed by atoms with Crippen LogP contribution in [0, 0.1) is 0 Å². The lowest BCUT2D eigenvalue weighted by molar-refractivity contribution is -0.130. The minimum atomic E-state index is -3.79. The number of aliphatic hydroxyl groups is 1. The lowest BCUT2D eigenvalue weighted by Gasteiger charge is -2.08. The van der Waals surface area contributed by atoms with E-state index in [0.29, 0.717) is 0 Å². The fourth-order valence-electron chi connectivity index (χ4n) is 0.542. The molecule has 8 nitrogen and oxygen atoms in total. The van der Waals surface area contributed by atoms with Gasteiger partial charge >= 0.3 is 0 Å². The Morgan fingerprint density at radius 2 is 1.56 bits per heavy atom. The van der Waals surface area contributed by atoms with Crippen molar-refractivity contribution in [3.63, 3.8) is 0 Å². The molecule has 0 radical (unpaired) electrons. The van der Waals surface area contributed by atoms with Crippen LogP contribution < -0.4 is 0 Å². The Hall–Kier alpha value is -0.550. The summed E-state index contributed by atoms with van der Waals surface area (Å²) in [5.41, 5.74) is 0. The molecule has 16 heavy (non-hydrogen) atoms. The van der Waals surface area contributed by atoms with Gasteiger partial charge in [0.05, 0.1) is 19.1 Å². The van der Waals surface area contributed by atoms with E-state index in [-0.39, 0.29) is 0 Å². The second kappa shape index (κ2) is 5.68. The Morgan fingerprint density at radius 3 is 1.94 bits per heavy atom. The minimum absolute atomic E-state index is 0.736. The third kappa shape index (κ3) is 8.73. The predicted molar refractivity (Wildman–Crippen MR) is 52.6 cm³/mol. The maximum atomic E-state index is 11.0. The van der Waals surface area contributed by atoms with Gasteiger partial charge in [0.25, 0.3) is 20.2 Å². The average Bonchev–Trinajstić information content (AvgIpc) is 2.07. The highest BCUT2D eigenvalue weighted by atomic mass is 32.2. The van der Waals surface area contributed by atoms with E-state index >= 15 is 0 Å². The smallest absolute Gasteiger partial charge is 0.264 e. The second-order valence-electron chi connectivity index (χ2n) is 2.94. The molecule has 1 unspecified atom stereocenters. The monoisotopic (exact) mass is 276 g/mol. The van der Waals surface area contributed by atoms with Gasteiger partial charge in [0, 0.05) is 0 Å². The van der Waals surface area contributed by atoms with Crippen LogP contribution in [-0.2, 0) is 33.4 Å². The number of carbonyl (C=O) groups excluding carboxylic acids is 1. The molecule has 0 rings (SSSR count). The molecule has 0 bridgehead atoms. The normalized spacial score (nSPS) is 14.7. The van der Waals surface area contributed by atoms with E-state index in [1.807, 2.05) is 0 Å². The van der Waals surface area contributed by atoms with Gasteiger partial charge in [-0.15, -0.1) is 0 Å². The SMILES string of the molecule is CS(=O)(=O)OCC(=O)C(O)COS(C)(=O)=O. The van der Waals surface area contributed by atoms with E-state index in [1.54, 1.807) is 0 Å². The number of hydrogen-bond acceptors (Lipinski definition) is 8. The zero-order valence-corrected chi connectivity index (χ0v) is 10.2. The summed E-state index contributed by atoms with van der Waals surface area (Å²) < 4.78 is 50.2. The number of ketones is 1. The summed E-state index contributed by atoms with van der Waals surface area (Å²) in [6, 6.07) is 0. The molecule has 0 aromatic rings. The predicted octanol–water partition coefficient (Wildman–Crippen LogP) is -2.13. The van der Waals surface area contributed by atoms with Crippen molar-refractivity contribution in [2.24, 2.45) is 0 Å². The second-order valence-corrected chi connectivity index (χ2v) is 6.22. The van der Waals surface area contributed by atoms with Gasteiger partial charge in [0.1, 0.15) is 12.7 Å². The highest BCUT2D eigenvalue weighted by Gasteiger charge is 2.19. The first-order chi connectivity index (χ1) is 7.01. The summed E-state index contributed by atoms with van der Waals surface area (Å²) >= 11 is 0. The van der Waals surface area contributed by atoms with Crippen LogP contribution in [0.4, 0.5) is 0 Å². The van der Waals surface area contributed by atoms with Crippen LogP contribution in [0.3, 0.4) is 0 Å². The largest absolute Gasteiger partial charge is 0.383 e. The molecule has 0 amide bonds. The van der Waals surface area contributed by atoms with Gasteiger partial charge < -0.3 is 5.11 Å². The summed E-state index contributed by atoms with van der Waals surface area (Å²) in [6.45, 7) is -1.64. The lowest BCUT2D eigenvalue weighted by atomic mass is 10.3. The summed E-state index contributed by atoms with van der Waals surface area (Å²) in [4.78, 5) is 11.0. The van der Waals surface area contributed by atoms with Crippen LogP contribution in [0.1, 0.15) is 0 Å². The number of Topliss-reactive ketones (excluding diaryl/α,β-unsaturated/α-hetero) is 1. The molecule has 0 heterocycles. The van der Waals surface area contributed by atoms with Crippen molar-refractivity contribution in [3.8, 4) is 0 Å². The molecule has 0 fully saturated rings. The van der Waals surface area contributed by atoms with Crippen LogP contribution in [0.25, 0.3) is 0 Å². The van der Waals surface area contributed by atoms with E-state index < -0.39 is 45.3 Å². The van der Waals surface area contributed by atoms with Crippen molar-refractivity contribution in [2.75, 3.05) is 25.7 Å². The summed E-state index contributed by atoms with van der Waals surface area (Å²) in [5, 5.41) is 9.06. The van der Waals surface area contributed by atoms with Crippen molar-refractivity contribution in [3.05, 3.63) is 0 Å². The number of rotatable bonds is 7. The van der Waals surface area contributed by atoms with Gasteiger partial charge in [-0.05, 0) is 0 Å². The van der Waals surface area contributed by atoms with E-state index in [4.69, 9.17) is 5.11 Å². The zero-order valence-electron chi connectivity index (χ0n) is 8.61. The van der Waals surface area contributed by atoms with Gasteiger partial charge in [-0.3, -0.25) is 13.2 Å². The first kappa shape index (κ1) is 15.4. The minimum Gasteiger partial charge on any atom is -0.383 e. The molecule has 0 aromatic heterocycles. The van der Waals surface area contributed by atoms with Gasteiger partial charge in [-0.25, -0.2) is 0 Å². The van der Waals surface area contributed by atoms with Crippen LogP contribution in [0.2, 0.25) is 0 Å². The highest BCUT2D eigenvalue weighted by Crippen LogP contribution is 1.95. The van der Waals surface area contributed by atoms with Gasteiger partial charge in [0.2, 0.25) is 0 Å². The van der Waals surface area contributed by atoms with Crippen molar-refractivity contribution in [1.82, 2.24) is 0 Å². The lowest BCUT2D eigenvalue weighted by Crippen LogP contribution is -2.31.